The van der Waals surface area contributed by atoms with E-state index in [4.69, 9.17) is 6.57 Å². The van der Waals surface area contributed by atoms with E-state index in [0.717, 1.165) is 0 Å². The zero-order chi connectivity index (χ0) is 11.0. The first-order valence-electron chi connectivity index (χ1n) is 4.65. The zero-order valence-corrected chi connectivity index (χ0v) is 9.63. The quantitative estimate of drug-likeness (QED) is 0.645. The minimum Gasteiger partial charge on any atom is -0.309 e. The maximum atomic E-state index is 11.3. The highest BCUT2D eigenvalue weighted by atomic mass is 32.2. The molecule has 1 rings (SSSR count). The molecule has 1 heterocycles. The predicted molar refractivity (Wildman–Crippen MR) is 55.2 cm³/mol. The topological polar surface area (TPSA) is 41.7 Å². The Kier molecular flexibility index (Phi) is 2.88. The van der Waals surface area contributed by atoms with Crippen LogP contribution in [0.2, 0.25) is 0 Å². The maximum Gasteiger partial charge on any atom is 0.249 e. The molecular weight excluding hydrogens is 200 g/mol. The Labute approximate surface area is 85.8 Å². The van der Waals surface area contributed by atoms with Gasteiger partial charge in [-0.25, -0.2) is 15.0 Å². The average molecular weight is 216 g/mol. The molecule has 0 aliphatic carbocycles. The molecule has 1 fully saturated rings. The highest BCUT2D eigenvalue weighted by Crippen LogP contribution is 2.33. The summed E-state index contributed by atoms with van der Waals surface area (Å²) in [7, 11) is -3.13. The molecule has 1 unspecified atom stereocenters. The van der Waals surface area contributed by atoms with Crippen LogP contribution in [0.3, 0.4) is 0 Å². The van der Waals surface area contributed by atoms with Crippen molar-refractivity contribution in [2.75, 3.05) is 19.3 Å². The van der Waals surface area contributed by atoms with Crippen LogP contribution in [0, 0.1) is 12.5 Å². The molecule has 0 saturated carbocycles. The van der Waals surface area contributed by atoms with Gasteiger partial charge in [0, 0.05) is 18.9 Å². The van der Waals surface area contributed by atoms with Gasteiger partial charge in [-0.2, -0.15) is 4.31 Å². The van der Waals surface area contributed by atoms with Gasteiger partial charge in [-0.05, 0) is 0 Å². The van der Waals surface area contributed by atoms with Crippen LogP contribution >= 0.6 is 0 Å². The summed E-state index contributed by atoms with van der Waals surface area (Å²) in [4.78, 5) is 3.63. The van der Waals surface area contributed by atoms with Gasteiger partial charge in [0.1, 0.15) is 0 Å². The molecule has 0 bridgehead atoms. The Bertz CT molecular complexity index is 355. The summed E-state index contributed by atoms with van der Waals surface area (Å²) < 4.78 is 24.0. The SMILES string of the molecule is [C-]#[N+]C1(C(C)C)CCN(S(C)(=O)=O)C1. The Morgan fingerprint density at radius 1 is 1.50 bits per heavy atom. The Morgan fingerprint density at radius 2 is 2.07 bits per heavy atom. The van der Waals surface area contributed by atoms with Crippen LogP contribution in [0.5, 0.6) is 0 Å². The van der Waals surface area contributed by atoms with Crippen molar-refractivity contribution in [1.82, 2.24) is 4.31 Å². The highest BCUT2D eigenvalue weighted by Gasteiger charge is 2.49. The van der Waals surface area contributed by atoms with E-state index < -0.39 is 15.6 Å². The molecule has 0 spiro atoms. The van der Waals surface area contributed by atoms with E-state index >= 15 is 0 Å². The number of rotatable bonds is 2. The third kappa shape index (κ3) is 1.91. The van der Waals surface area contributed by atoms with E-state index in [0.29, 0.717) is 19.5 Å². The predicted octanol–water partition coefficient (Wildman–Crippen LogP) is 0.966. The summed E-state index contributed by atoms with van der Waals surface area (Å²) >= 11 is 0. The van der Waals surface area contributed by atoms with Gasteiger partial charge in [-0.1, -0.05) is 13.8 Å². The van der Waals surface area contributed by atoms with Gasteiger partial charge < -0.3 is 4.85 Å². The smallest absolute Gasteiger partial charge is 0.249 e. The summed E-state index contributed by atoms with van der Waals surface area (Å²) in [6, 6.07) is 0. The van der Waals surface area contributed by atoms with Crippen molar-refractivity contribution in [2.24, 2.45) is 5.92 Å². The van der Waals surface area contributed by atoms with Crippen LogP contribution in [0.15, 0.2) is 0 Å². The molecule has 0 aromatic carbocycles. The van der Waals surface area contributed by atoms with Crippen LogP contribution in [-0.4, -0.2) is 37.6 Å². The van der Waals surface area contributed by atoms with Crippen molar-refractivity contribution in [3.8, 4) is 0 Å². The lowest BCUT2D eigenvalue weighted by Crippen LogP contribution is -2.37. The van der Waals surface area contributed by atoms with E-state index in [1.165, 1.54) is 10.6 Å². The lowest BCUT2D eigenvalue weighted by molar-refractivity contribution is 0.375. The molecule has 1 aliphatic heterocycles. The monoisotopic (exact) mass is 216 g/mol. The fraction of sp³-hybridized carbons (Fsp3) is 0.889. The van der Waals surface area contributed by atoms with E-state index in [9.17, 15) is 8.42 Å². The number of hydrogen-bond acceptors (Lipinski definition) is 2. The third-order valence-corrected chi connectivity index (χ3v) is 4.26. The van der Waals surface area contributed by atoms with Gasteiger partial charge in [-0.3, -0.25) is 0 Å². The minimum atomic E-state index is -3.13. The van der Waals surface area contributed by atoms with E-state index in [1.807, 2.05) is 13.8 Å². The van der Waals surface area contributed by atoms with Crippen molar-refractivity contribution >= 4 is 10.0 Å². The van der Waals surface area contributed by atoms with Gasteiger partial charge in [0.25, 0.3) is 0 Å². The minimum absolute atomic E-state index is 0.201. The van der Waals surface area contributed by atoms with Gasteiger partial charge in [0.15, 0.2) is 0 Å². The Morgan fingerprint density at radius 3 is 2.29 bits per heavy atom. The molecule has 0 aromatic rings. The normalized spacial score (nSPS) is 29.4. The lowest BCUT2D eigenvalue weighted by atomic mass is 9.87. The summed E-state index contributed by atoms with van der Waals surface area (Å²) in [5.41, 5.74) is -0.497. The highest BCUT2D eigenvalue weighted by molar-refractivity contribution is 7.88. The molecule has 0 amide bonds. The molecule has 0 N–H and O–H groups in total. The molecule has 14 heavy (non-hydrogen) atoms. The maximum absolute atomic E-state index is 11.3. The molecular formula is C9H16N2O2S. The molecule has 1 aliphatic rings. The number of sulfonamides is 1. The van der Waals surface area contributed by atoms with Gasteiger partial charge in [0.05, 0.1) is 12.8 Å². The fourth-order valence-corrected chi connectivity index (χ4v) is 2.64. The summed E-state index contributed by atoms with van der Waals surface area (Å²) in [6.07, 6.45) is 1.86. The lowest BCUT2D eigenvalue weighted by Gasteiger charge is -2.20. The van der Waals surface area contributed by atoms with E-state index in [1.54, 1.807) is 0 Å². The average Bonchev–Trinajstić information content (AvgIpc) is 2.47. The van der Waals surface area contributed by atoms with Crippen LogP contribution in [0.1, 0.15) is 20.3 Å². The summed E-state index contributed by atoms with van der Waals surface area (Å²) in [6.45, 7) is 12.0. The molecule has 5 heteroatoms. The molecule has 1 saturated heterocycles. The Balaban J connectivity index is 2.89. The van der Waals surface area contributed by atoms with Crippen LogP contribution < -0.4 is 0 Å². The molecule has 4 nitrogen and oxygen atoms in total. The second kappa shape index (κ2) is 3.52. The molecule has 80 valence electrons. The van der Waals surface area contributed by atoms with Crippen molar-refractivity contribution in [2.45, 2.75) is 25.8 Å². The second-order valence-electron chi connectivity index (χ2n) is 4.22. The van der Waals surface area contributed by atoms with Crippen molar-refractivity contribution in [3.63, 3.8) is 0 Å². The van der Waals surface area contributed by atoms with Crippen molar-refractivity contribution in [1.29, 1.82) is 0 Å². The molecule has 0 radical (unpaired) electrons. The summed E-state index contributed by atoms with van der Waals surface area (Å²) in [5.74, 6) is 0.201. The first-order valence-corrected chi connectivity index (χ1v) is 6.50. The molecule has 1 atom stereocenters. The summed E-state index contributed by atoms with van der Waals surface area (Å²) in [5, 5.41) is 0. The largest absolute Gasteiger partial charge is 0.309 e. The standard InChI is InChI=1S/C9H16N2O2S/c1-8(2)9(10-3)5-6-11(7-9)14(4,12)13/h8H,5-7H2,1-2,4H3. The zero-order valence-electron chi connectivity index (χ0n) is 8.82. The van der Waals surface area contributed by atoms with Gasteiger partial charge in [-0.15, -0.1) is 0 Å². The third-order valence-electron chi connectivity index (χ3n) is 3.01. The Hall–Kier alpha value is -0.600. The number of hydrogen-bond donors (Lipinski definition) is 0. The number of nitrogens with zero attached hydrogens (tertiary/aromatic N) is 2. The first-order chi connectivity index (χ1) is 6.32. The van der Waals surface area contributed by atoms with Crippen molar-refractivity contribution < 1.29 is 8.42 Å². The van der Waals surface area contributed by atoms with Gasteiger partial charge >= 0.3 is 0 Å². The van der Waals surface area contributed by atoms with Crippen molar-refractivity contribution in [3.05, 3.63) is 11.4 Å². The van der Waals surface area contributed by atoms with E-state index in [-0.39, 0.29) is 5.92 Å². The van der Waals surface area contributed by atoms with Crippen LogP contribution in [0.25, 0.3) is 4.85 Å². The molecule has 0 aromatic heterocycles. The van der Waals surface area contributed by atoms with Gasteiger partial charge in [0.2, 0.25) is 15.6 Å². The second-order valence-corrected chi connectivity index (χ2v) is 6.20. The fourth-order valence-electron chi connectivity index (χ4n) is 1.76. The van der Waals surface area contributed by atoms with Crippen LogP contribution in [0.4, 0.5) is 0 Å². The van der Waals surface area contributed by atoms with E-state index in [2.05, 4.69) is 4.85 Å². The van der Waals surface area contributed by atoms with Crippen LogP contribution in [-0.2, 0) is 10.0 Å². The first kappa shape index (κ1) is 11.5.